The molecule has 0 radical (unpaired) electrons. The number of aliphatic hydroxyl groups is 2. The van der Waals surface area contributed by atoms with Crippen molar-refractivity contribution in [2.24, 2.45) is 0 Å². The molecule has 4 atom stereocenters. The molecule has 4 N–H and O–H groups in total. The molecule has 35 heavy (non-hydrogen) atoms. The number of amides is 1. The summed E-state index contributed by atoms with van der Waals surface area (Å²) in [6.45, 7) is 0.825. The van der Waals surface area contributed by atoms with Gasteiger partial charge in [0.25, 0.3) is 11.8 Å². The van der Waals surface area contributed by atoms with Crippen LogP contribution in [-0.4, -0.2) is 102 Å². The summed E-state index contributed by atoms with van der Waals surface area (Å²) in [5, 5.41) is 33.8. The summed E-state index contributed by atoms with van der Waals surface area (Å²) in [6, 6.07) is 0. The number of likely N-dealkylation sites (N-methyl/N-ethyl adjacent to an activating group) is 1. The van der Waals surface area contributed by atoms with E-state index in [9.17, 15) is 23.8 Å². The minimum absolute atomic E-state index is 0.00685. The van der Waals surface area contributed by atoms with E-state index in [0.29, 0.717) is 13.2 Å². The normalized spacial score (nSPS) is 22.6. The maximum Gasteiger partial charge on any atom is 0.262 e. The number of ether oxygens (including phenoxy) is 2. The van der Waals surface area contributed by atoms with E-state index in [0.717, 1.165) is 6.92 Å². The Balaban J connectivity index is 1.77. The topological polar surface area (TPSA) is 174 Å². The van der Waals surface area contributed by atoms with Crippen molar-refractivity contribution in [3.05, 3.63) is 12.5 Å². The number of rotatable bonds is 9. The standard InChI is InChI=1S/C19H25F2N9O5/c1-19(20,21)7-23-15-10-16(26-14(25-15)9-6-29(28-27-9)4-5-34-3)30(8-24-10)18-12(32)11(31)13(35-18)17(33)22-2/h6,8,11-13,18,31-32H,4-5,7H2,1-3H3,(H,22,33)(H,23,25,26)/t11-,12+,13-,18+/m0/s1. The Kier molecular flexibility index (Phi) is 6.88. The SMILES string of the molecule is CNC(=O)[C@H]1O[C@@H](n2cnc3c(NCC(C)(F)F)nc(-c4cn(CCOC)nn4)nc32)[C@H](O)[C@@H]1O. The van der Waals surface area contributed by atoms with Crippen LogP contribution in [0.5, 0.6) is 0 Å². The molecule has 1 fully saturated rings. The van der Waals surface area contributed by atoms with Crippen molar-refractivity contribution in [2.45, 2.75) is 43.9 Å². The first-order valence-electron chi connectivity index (χ1n) is 10.6. The Morgan fingerprint density at radius 2 is 2.09 bits per heavy atom. The van der Waals surface area contributed by atoms with Crippen molar-refractivity contribution in [1.82, 2.24) is 39.8 Å². The molecule has 1 aliphatic rings. The van der Waals surface area contributed by atoms with Gasteiger partial charge < -0.3 is 30.3 Å². The third-order valence-corrected chi connectivity index (χ3v) is 5.30. The smallest absolute Gasteiger partial charge is 0.262 e. The molecule has 0 saturated carbocycles. The van der Waals surface area contributed by atoms with Gasteiger partial charge in [-0.05, 0) is 0 Å². The lowest BCUT2D eigenvalue weighted by atomic mass is 10.1. The molecular formula is C19H25F2N9O5. The van der Waals surface area contributed by atoms with E-state index in [4.69, 9.17) is 9.47 Å². The lowest BCUT2D eigenvalue weighted by Crippen LogP contribution is -2.41. The first-order valence-corrected chi connectivity index (χ1v) is 10.6. The average molecular weight is 497 g/mol. The molecule has 16 heteroatoms. The fourth-order valence-electron chi connectivity index (χ4n) is 3.52. The van der Waals surface area contributed by atoms with E-state index in [-0.39, 0.29) is 28.5 Å². The van der Waals surface area contributed by atoms with Gasteiger partial charge >= 0.3 is 0 Å². The zero-order valence-electron chi connectivity index (χ0n) is 19.1. The number of aliphatic hydroxyl groups excluding tert-OH is 2. The van der Waals surface area contributed by atoms with Crippen LogP contribution < -0.4 is 10.6 Å². The van der Waals surface area contributed by atoms with Gasteiger partial charge in [-0.2, -0.15) is 0 Å². The molecule has 1 saturated heterocycles. The third kappa shape index (κ3) is 5.04. The van der Waals surface area contributed by atoms with Gasteiger partial charge in [-0.1, -0.05) is 5.21 Å². The number of carbonyl (C=O) groups excluding carboxylic acids is 1. The molecule has 190 valence electrons. The van der Waals surface area contributed by atoms with Crippen molar-refractivity contribution in [2.75, 3.05) is 32.6 Å². The number of methoxy groups -OCH3 is 1. The number of halogens is 2. The van der Waals surface area contributed by atoms with Crippen molar-refractivity contribution in [3.8, 4) is 11.5 Å². The van der Waals surface area contributed by atoms with E-state index in [1.54, 1.807) is 13.3 Å². The third-order valence-electron chi connectivity index (χ3n) is 5.30. The number of carbonyl (C=O) groups is 1. The quantitative estimate of drug-likeness (QED) is 0.290. The van der Waals surface area contributed by atoms with E-state index < -0.39 is 42.9 Å². The van der Waals surface area contributed by atoms with Gasteiger partial charge in [0.05, 0.1) is 32.2 Å². The predicted molar refractivity (Wildman–Crippen MR) is 115 cm³/mol. The predicted octanol–water partition coefficient (Wildman–Crippen LogP) is -0.836. The Labute approximate surface area is 197 Å². The second-order valence-electron chi connectivity index (χ2n) is 8.05. The first kappa shape index (κ1) is 24.8. The number of aromatic nitrogens is 7. The highest BCUT2D eigenvalue weighted by atomic mass is 19.3. The van der Waals surface area contributed by atoms with Gasteiger partial charge in [0.2, 0.25) is 0 Å². The van der Waals surface area contributed by atoms with Crippen LogP contribution in [0.15, 0.2) is 12.5 Å². The monoisotopic (exact) mass is 497 g/mol. The zero-order chi connectivity index (χ0) is 25.3. The van der Waals surface area contributed by atoms with Gasteiger partial charge in [-0.3, -0.25) is 9.36 Å². The van der Waals surface area contributed by atoms with E-state index in [2.05, 4.69) is 35.9 Å². The Morgan fingerprint density at radius 3 is 2.77 bits per heavy atom. The molecule has 1 aliphatic heterocycles. The summed E-state index contributed by atoms with van der Waals surface area (Å²) < 4.78 is 40.5. The second-order valence-corrected chi connectivity index (χ2v) is 8.05. The number of imidazole rings is 1. The Bertz CT molecular complexity index is 1200. The zero-order valence-corrected chi connectivity index (χ0v) is 19.1. The molecule has 4 rings (SSSR count). The fourth-order valence-corrected chi connectivity index (χ4v) is 3.52. The van der Waals surface area contributed by atoms with Crippen molar-refractivity contribution in [3.63, 3.8) is 0 Å². The van der Waals surface area contributed by atoms with Crippen LogP contribution in [-0.2, 0) is 20.8 Å². The van der Waals surface area contributed by atoms with Crippen molar-refractivity contribution < 1.29 is 33.3 Å². The molecule has 0 unspecified atom stereocenters. The number of hydrogen-bond acceptors (Lipinski definition) is 11. The summed E-state index contributed by atoms with van der Waals surface area (Å²) in [5.74, 6) is -3.63. The van der Waals surface area contributed by atoms with Crippen LogP contribution in [0.25, 0.3) is 22.7 Å². The largest absolute Gasteiger partial charge is 0.387 e. The minimum Gasteiger partial charge on any atom is -0.387 e. The van der Waals surface area contributed by atoms with Crippen molar-refractivity contribution in [1.29, 1.82) is 0 Å². The lowest BCUT2D eigenvalue weighted by molar-refractivity contribution is -0.137. The molecule has 14 nitrogen and oxygen atoms in total. The van der Waals surface area contributed by atoms with Gasteiger partial charge in [0.1, 0.15) is 17.9 Å². The van der Waals surface area contributed by atoms with Crippen LogP contribution in [0, 0.1) is 0 Å². The summed E-state index contributed by atoms with van der Waals surface area (Å²) in [5.41, 5.74) is 0.453. The van der Waals surface area contributed by atoms with Crippen LogP contribution in [0.2, 0.25) is 0 Å². The maximum atomic E-state index is 13.6. The van der Waals surface area contributed by atoms with Crippen LogP contribution in [0.1, 0.15) is 13.2 Å². The van der Waals surface area contributed by atoms with Crippen molar-refractivity contribution >= 4 is 22.9 Å². The number of fused-ring (bicyclic) bond motifs is 1. The van der Waals surface area contributed by atoms with Crippen LogP contribution in [0.3, 0.4) is 0 Å². The summed E-state index contributed by atoms with van der Waals surface area (Å²) >= 11 is 0. The highest BCUT2D eigenvalue weighted by Crippen LogP contribution is 2.33. The molecule has 1 amide bonds. The van der Waals surface area contributed by atoms with Crippen LogP contribution in [0.4, 0.5) is 14.6 Å². The molecule has 3 aromatic rings. The number of nitrogens with zero attached hydrogens (tertiary/aromatic N) is 7. The average Bonchev–Trinajstić information content (AvgIpc) is 3.53. The van der Waals surface area contributed by atoms with Gasteiger partial charge in [0.15, 0.2) is 35.1 Å². The van der Waals surface area contributed by atoms with E-state index in [1.165, 1.54) is 22.6 Å². The van der Waals surface area contributed by atoms with Gasteiger partial charge in [-0.15, -0.1) is 5.10 Å². The number of nitrogens with one attached hydrogen (secondary N) is 2. The van der Waals surface area contributed by atoms with Crippen LogP contribution >= 0.6 is 0 Å². The highest BCUT2D eigenvalue weighted by Gasteiger charge is 2.47. The lowest BCUT2D eigenvalue weighted by Gasteiger charge is -2.17. The molecule has 3 aromatic heterocycles. The molecule has 0 aromatic carbocycles. The van der Waals surface area contributed by atoms with E-state index >= 15 is 0 Å². The molecule has 4 heterocycles. The summed E-state index contributed by atoms with van der Waals surface area (Å²) in [6.07, 6.45) is -2.78. The number of anilines is 1. The minimum atomic E-state index is -3.04. The Morgan fingerprint density at radius 1 is 1.31 bits per heavy atom. The van der Waals surface area contributed by atoms with Gasteiger partial charge in [0, 0.05) is 21.1 Å². The number of alkyl halides is 2. The summed E-state index contributed by atoms with van der Waals surface area (Å²) in [4.78, 5) is 25.0. The molecule has 0 spiro atoms. The van der Waals surface area contributed by atoms with Gasteiger partial charge in [-0.25, -0.2) is 28.4 Å². The first-order chi connectivity index (χ1) is 16.6. The van der Waals surface area contributed by atoms with E-state index in [1.807, 2.05) is 0 Å². The Hall–Kier alpha value is -3.34. The highest BCUT2D eigenvalue weighted by molar-refractivity contribution is 5.85. The summed E-state index contributed by atoms with van der Waals surface area (Å²) in [7, 11) is 2.91. The number of hydrogen-bond donors (Lipinski definition) is 4. The molecular weight excluding hydrogens is 472 g/mol. The fraction of sp³-hybridized carbons (Fsp3) is 0.579. The molecule has 0 bridgehead atoms. The maximum absolute atomic E-state index is 13.6. The molecule has 0 aliphatic carbocycles. The second kappa shape index (κ2) is 9.73.